The molecule has 130 valence electrons. The highest BCUT2D eigenvalue weighted by Gasteiger charge is 2.53. The molecule has 6 heteroatoms. The lowest BCUT2D eigenvalue weighted by atomic mass is 9.82. The number of hydrogen-bond donors (Lipinski definition) is 2. The van der Waals surface area contributed by atoms with Gasteiger partial charge in [0.25, 0.3) is 0 Å². The zero-order valence-electron chi connectivity index (χ0n) is 13.6. The molecule has 6 nitrogen and oxygen atoms in total. The third kappa shape index (κ3) is 2.16. The lowest BCUT2D eigenvalue weighted by Crippen LogP contribution is -2.39. The molecule has 1 fully saturated rings. The van der Waals surface area contributed by atoms with E-state index in [1.54, 1.807) is 24.3 Å². The topological polar surface area (TPSA) is 88.8 Å². The summed E-state index contributed by atoms with van der Waals surface area (Å²) < 4.78 is 11.4. The number of rotatable bonds is 3. The van der Waals surface area contributed by atoms with Crippen molar-refractivity contribution < 1.29 is 23.8 Å². The molecule has 1 amide bonds. The van der Waals surface area contributed by atoms with Crippen LogP contribution < -0.4 is 5.32 Å². The van der Waals surface area contributed by atoms with Crippen LogP contribution in [-0.4, -0.2) is 29.2 Å². The summed E-state index contributed by atoms with van der Waals surface area (Å²) in [4.78, 5) is 24.2. The van der Waals surface area contributed by atoms with Gasteiger partial charge in [0.05, 0.1) is 18.1 Å². The van der Waals surface area contributed by atoms with E-state index in [2.05, 4.69) is 5.32 Å². The van der Waals surface area contributed by atoms with Crippen LogP contribution in [0, 0.1) is 11.8 Å². The van der Waals surface area contributed by atoms with Gasteiger partial charge in [-0.1, -0.05) is 30.4 Å². The SMILES string of the molecule is O=C(O)[C@@H]1[C@@H](C(=O)Nc2ccc3c(c2)oc2ccccc23)[C@@H]2C=C[C@@H]1O2. The fraction of sp³-hybridized carbons (Fsp3) is 0.200. The number of ether oxygens (including phenoxy) is 1. The Hall–Kier alpha value is -3.12. The van der Waals surface area contributed by atoms with Crippen LogP contribution in [0.25, 0.3) is 21.9 Å². The van der Waals surface area contributed by atoms with Gasteiger partial charge in [-0.25, -0.2) is 0 Å². The minimum Gasteiger partial charge on any atom is -0.481 e. The van der Waals surface area contributed by atoms with Gasteiger partial charge >= 0.3 is 5.97 Å². The first-order valence-corrected chi connectivity index (χ1v) is 8.40. The summed E-state index contributed by atoms with van der Waals surface area (Å²) >= 11 is 0. The highest BCUT2D eigenvalue weighted by Crippen LogP contribution is 2.40. The van der Waals surface area contributed by atoms with Gasteiger partial charge in [0.2, 0.25) is 5.91 Å². The normalized spacial score (nSPS) is 26.6. The standard InChI is InChI=1S/C20H15NO5/c22-19(17-14-7-8-15(26-14)18(17)20(23)24)21-10-5-6-12-11-3-1-2-4-13(11)25-16(12)9-10/h1-9,14-15,17-18H,(H,21,22)(H,23,24)/t14-,15-,17-,18-/m0/s1. The van der Waals surface area contributed by atoms with Crippen molar-refractivity contribution >= 4 is 39.5 Å². The number of fused-ring (bicyclic) bond motifs is 5. The van der Waals surface area contributed by atoms with Crippen LogP contribution in [0.5, 0.6) is 0 Å². The summed E-state index contributed by atoms with van der Waals surface area (Å²) in [5.74, 6) is -2.98. The first kappa shape index (κ1) is 15.2. The molecule has 26 heavy (non-hydrogen) atoms. The summed E-state index contributed by atoms with van der Waals surface area (Å²) in [6.45, 7) is 0. The fourth-order valence-electron chi connectivity index (χ4n) is 3.94. The van der Waals surface area contributed by atoms with Crippen LogP contribution in [0.1, 0.15) is 0 Å². The number of hydrogen-bond acceptors (Lipinski definition) is 4. The van der Waals surface area contributed by atoms with Crippen molar-refractivity contribution in [3.05, 3.63) is 54.6 Å². The monoisotopic (exact) mass is 349 g/mol. The second-order valence-electron chi connectivity index (χ2n) is 6.64. The third-order valence-corrected chi connectivity index (χ3v) is 5.13. The average molecular weight is 349 g/mol. The number of carbonyl (C=O) groups excluding carboxylic acids is 1. The maximum Gasteiger partial charge on any atom is 0.310 e. The zero-order valence-corrected chi connectivity index (χ0v) is 13.6. The predicted molar refractivity (Wildman–Crippen MR) is 94.8 cm³/mol. The second-order valence-corrected chi connectivity index (χ2v) is 6.64. The third-order valence-electron chi connectivity index (χ3n) is 5.13. The predicted octanol–water partition coefficient (Wildman–Crippen LogP) is 3.18. The number of carboxylic acid groups (broad SMARTS) is 1. The van der Waals surface area contributed by atoms with E-state index in [-0.39, 0.29) is 5.91 Å². The van der Waals surface area contributed by atoms with Crippen LogP contribution in [-0.2, 0) is 14.3 Å². The van der Waals surface area contributed by atoms with E-state index in [4.69, 9.17) is 9.15 Å². The largest absolute Gasteiger partial charge is 0.481 e. The van der Waals surface area contributed by atoms with Gasteiger partial charge in [-0.05, 0) is 18.2 Å². The molecule has 0 radical (unpaired) electrons. The lowest BCUT2D eigenvalue weighted by Gasteiger charge is -2.20. The molecule has 2 N–H and O–H groups in total. The molecular weight excluding hydrogens is 334 g/mol. The number of anilines is 1. The summed E-state index contributed by atoms with van der Waals surface area (Å²) in [6, 6.07) is 13.2. The van der Waals surface area contributed by atoms with Gasteiger partial charge in [-0.3, -0.25) is 9.59 Å². The molecule has 3 heterocycles. The highest BCUT2D eigenvalue weighted by molar-refractivity contribution is 6.06. The number of para-hydroxylation sites is 1. The van der Waals surface area contributed by atoms with Crippen molar-refractivity contribution in [1.29, 1.82) is 0 Å². The van der Waals surface area contributed by atoms with E-state index < -0.39 is 30.0 Å². The molecular formula is C20H15NO5. The Balaban J connectivity index is 1.45. The van der Waals surface area contributed by atoms with Crippen molar-refractivity contribution in [3.8, 4) is 0 Å². The van der Waals surface area contributed by atoms with Crippen LogP contribution in [0.15, 0.2) is 59.0 Å². The fourth-order valence-corrected chi connectivity index (χ4v) is 3.94. The molecule has 2 aliphatic heterocycles. The highest BCUT2D eigenvalue weighted by atomic mass is 16.5. The summed E-state index contributed by atoms with van der Waals surface area (Å²) in [5.41, 5.74) is 2.02. The molecule has 0 unspecified atom stereocenters. The molecule has 3 aromatic rings. The summed E-state index contributed by atoms with van der Waals surface area (Å²) in [6.07, 6.45) is 2.45. The van der Waals surface area contributed by atoms with E-state index >= 15 is 0 Å². The van der Waals surface area contributed by atoms with Crippen molar-refractivity contribution in [1.82, 2.24) is 0 Å². The maximum atomic E-state index is 12.7. The van der Waals surface area contributed by atoms with Gasteiger partial charge in [-0.15, -0.1) is 0 Å². The van der Waals surface area contributed by atoms with Gasteiger partial charge in [0.15, 0.2) is 0 Å². The maximum absolute atomic E-state index is 12.7. The average Bonchev–Trinajstić information content (AvgIpc) is 3.33. The Labute approximate surface area is 148 Å². The molecule has 2 bridgehead atoms. The summed E-state index contributed by atoms with van der Waals surface area (Å²) in [7, 11) is 0. The number of amides is 1. The van der Waals surface area contributed by atoms with Crippen molar-refractivity contribution in [2.75, 3.05) is 5.32 Å². The van der Waals surface area contributed by atoms with Crippen LogP contribution in [0.3, 0.4) is 0 Å². The van der Waals surface area contributed by atoms with E-state index in [9.17, 15) is 14.7 Å². The van der Waals surface area contributed by atoms with E-state index in [1.807, 2.05) is 30.3 Å². The number of aliphatic carboxylic acids is 1. The lowest BCUT2D eigenvalue weighted by molar-refractivity contribution is -0.145. The molecule has 5 rings (SSSR count). The molecule has 2 aliphatic rings. The van der Waals surface area contributed by atoms with E-state index in [1.165, 1.54) is 0 Å². The van der Waals surface area contributed by atoms with Crippen molar-refractivity contribution in [2.45, 2.75) is 12.2 Å². The molecule has 2 aromatic carbocycles. The van der Waals surface area contributed by atoms with Crippen LogP contribution in [0.4, 0.5) is 5.69 Å². The Kier molecular flexibility index (Phi) is 3.17. The number of nitrogens with one attached hydrogen (secondary N) is 1. The zero-order chi connectivity index (χ0) is 17.8. The Morgan fingerprint density at radius 2 is 1.65 bits per heavy atom. The van der Waals surface area contributed by atoms with E-state index in [0.717, 1.165) is 16.4 Å². The van der Waals surface area contributed by atoms with Gasteiger partial charge in [-0.2, -0.15) is 0 Å². The Bertz CT molecular complexity index is 1080. The van der Waals surface area contributed by atoms with E-state index in [0.29, 0.717) is 11.3 Å². The molecule has 0 saturated carbocycles. The molecule has 0 spiro atoms. The minimum atomic E-state index is -1.02. The summed E-state index contributed by atoms with van der Waals surface area (Å²) in [5, 5.41) is 14.2. The molecule has 4 atom stereocenters. The molecule has 0 aliphatic carbocycles. The van der Waals surface area contributed by atoms with Crippen molar-refractivity contribution in [2.24, 2.45) is 11.8 Å². The quantitative estimate of drug-likeness (QED) is 0.709. The number of benzene rings is 2. The van der Waals surface area contributed by atoms with Crippen LogP contribution >= 0.6 is 0 Å². The minimum absolute atomic E-state index is 0.357. The number of carboxylic acids is 1. The second kappa shape index (κ2) is 5.44. The van der Waals surface area contributed by atoms with Crippen molar-refractivity contribution in [3.63, 3.8) is 0 Å². The first-order valence-electron chi connectivity index (χ1n) is 8.40. The molecule has 1 aromatic heterocycles. The van der Waals surface area contributed by atoms with Gasteiger partial charge < -0.3 is 19.6 Å². The number of furan rings is 1. The van der Waals surface area contributed by atoms with Gasteiger partial charge in [0, 0.05) is 22.5 Å². The molecule has 1 saturated heterocycles. The Morgan fingerprint density at radius 3 is 2.46 bits per heavy atom. The number of carbonyl (C=O) groups is 2. The Morgan fingerprint density at radius 1 is 0.923 bits per heavy atom. The first-order chi connectivity index (χ1) is 12.6. The van der Waals surface area contributed by atoms with Gasteiger partial charge in [0.1, 0.15) is 17.1 Å². The van der Waals surface area contributed by atoms with Crippen LogP contribution in [0.2, 0.25) is 0 Å². The smallest absolute Gasteiger partial charge is 0.310 e.